The van der Waals surface area contributed by atoms with E-state index in [0.29, 0.717) is 0 Å². The van der Waals surface area contributed by atoms with Gasteiger partial charge in [0.25, 0.3) is 0 Å². The molecule has 0 amide bonds. The molecule has 0 unspecified atom stereocenters. The Hall–Kier alpha value is -1.85. The second kappa shape index (κ2) is 7.56. The molecule has 3 nitrogen and oxygen atoms in total. The highest BCUT2D eigenvalue weighted by Gasteiger charge is 2.38. The van der Waals surface area contributed by atoms with Crippen molar-refractivity contribution in [2.75, 3.05) is 0 Å². The topological polar surface area (TPSA) is 30.7 Å². The predicted molar refractivity (Wildman–Crippen MR) is 70.4 cm³/mol. The fraction of sp³-hybridized carbons (Fsp3) is 0.385. The van der Waals surface area contributed by atoms with E-state index in [-0.39, 0.29) is 11.5 Å². The van der Waals surface area contributed by atoms with Gasteiger partial charge in [-0.1, -0.05) is 32.6 Å². The van der Waals surface area contributed by atoms with Crippen LogP contribution in [-0.4, -0.2) is 14.8 Å². The highest BCUT2D eigenvalue weighted by molar-refractivity contribution is 5.58. The first-order valence-electron chi connectivity index (χ1n) is 5.86. The van der Waals surface area contributed by atoms with Gasteiger partial charge in [0.05, 0.1) is 5.70 Å². The Balaban J connectivity index is 0.00000154. The van der Waals surface area contributed by atoms with Crippen LogP contribution in [0.15, 0.2) is 30.9 Å². The summed E-state index contributed by atoms with van der Waals surface area (Å²) < 4.78 is 38.8. The van der Waals surface area contributed by atoms with Crippen molar-refractivity contribution in [2.45, 2.75) is 33.9 Å². The fourth-order valence-corrected chi connectivity index (χ4v) is 1.20. The number of aryl methyl sites for hydroxylation is 1. The molecule has 0 radical (unpaired) electrons. The number of aromatic nitrogens is 3. The SMILES string of the molecule is C=C/C(=C\C=C/C)n1nc(C)nc1C(F)(F)F.CC. The molecule has 0 aliphatic carbocycles. The molecule has 0 spiro atoms. The highest BCUT2D eigenvalue weighted by Crippen LogP contribution is 2.29. The molecule has 106 valence electrons. The van der Waals surface area contributed by atoms with Crippen molar-refractivity contribution in [1.82, 2.24) is 14.8 Å². The van der Waals surface area contributed by atoms with Crippen LogP contribution in [0.2, 0.25) is 0 Å². The van der Waals surface area contributed by atoms with Crippen LogP contribution >= 0.6 is 0 Å². The Kier molecular flexibility index (Phi) is 6.82. The van der Waals surface area contributed by atoms with Crippen LogP contribution in [0.3, 0.4) is 0 Å². The molecule has 0 fully saturated rings. The molecule has 0 N–H and O–H groups in total. The van der Waals surface area contributed by atoms with E-state index in [4.69, 9.17) is 0 Å². The summed E-state index contributed by atoms with van der Waals surface area (Å²) in [5.41, 5.74) is 0.219. The lowest BCUT2D eigenvalue weighted by Crippen LogP contribution is -2.15. The Morgan fingerprint density at radius 1 is 1.32 bits per heavy atom. The Labute approximate surface area is 111 Å². The summed E-state index contributed by atoms with van der Waals surface area (Å²) in [6, 6.07) is 0. The second-order valence-electron chi connectivity index (χ2n) is 3.21. The summed E-state index contributed by atoms with van der Waals surface area (Å²) in [7, 11) is 0. The minimum Gasteiger partial charge on any atom is -0.209 e. The molecule has 6 heteroatoms. The molecule has 0 atom stereocenters. The summed E-state index contributed by atoms with van der Waals surface area (Å²) in [5.74, 6) is -0.990. The van der Waals surface area contributed by atoms with Gasteiger partial charge < -0.3 is 0 Å². The second-order valence-corrected chi connectivity index (χ2v) is 3.21. The lowest BCUT2D eigenvalue weighted by Gasteiger charge is -2.08. The van der Waals surface area contributed by atoms with Crippen molar-refractivity contribution < 1.29 is 13.2 Å². The van der Waals surface area contributed by atoms with Crippen LogP contribution in [0.5, 0.6) is 0 Å². The van der Waals surface area contributed by atoms with Crippen molar-refractivity contribution in [3.8, 4) is 0 Å². The molecule has 0 aliphatic rings. The first kappa shape index (κ1) is 17.2. The molecule has 0 saturated heterocycles. The lowest BCUT2D eigenvalue weighted by molar-refractivity contribution is -0.146. The summed E-state index contributed by atoms with van der Waals surface area (Å²) in [6.45, 7) is 10.6. The third-order valence-corrected chi connectivity index (χ3v) is 1.88. The normalized spacial score (nSPS) is 12.3. The Morgan fingerprint density at radius 3 is 2.32 bits per heavy atom. The standard InChI is InChI=1S/C11H12F3N3.C2H6/c1-4-6-7-9(5-2)17-10(11(12,13)14)15-8(3)16-17;1-2/h4-7H,2H2,1,3H3;1-2H3/b6-4-,9-7+;. The number of nitrogens with zero attached hydrogens (tertiary/aromatic N) is 3. The van der Waals surface area contributed by atoms with Crippen LogP contribution in [0.4, 0.5) is 13.2 Å². The van der Waals surface area contributed by atoms with Crippen LogP contribution in [0, 0.1) is 6.92 Å². The van der Waals surface area contributed by atoms with Gasteiger partial charge in [-0.05, 0) is 26.0 Å². The van der Waals surface area contributed by atoms with Gasteiger partial charge >= 0.3 is 6.18 Å². The number of halogens is 3. The third kappa shape index (κ3) is 4.73. The number of hydrogen-bond acceptors (Lipinski definition) is 2. The molecule has 1 heterocycles. The quantitative estimate of drug-likeness (QED) is 0.771. The maximum atomic E-state index is 12.7. The minimum atomic E-state index is -4.54. The lowest BCUT2D eigenvalue weighted by atomic mass is 10.3. The highest BCUT2D eigenvalue weighted by atomic mass is 19.4. The van der Waals surface area contributed by atoms with Gasteiger partial charge in [0, 0.05) is 0 Å². The monoisotopic (exact) mass is 273 g/mol. The van der Waals surface area contributed by atoms with Gasteiger partial charge in [0.1, 0.15) is 5.82 Å². The van der Waals surface area contributed by atoms with Gasteiger partial charge in [-0.25, -0.2) is 9.67 Å². The van der Waals surface area contributed by atoms with Gasteiger partial charge in [0.2, 0.25) is 5.82 Å². The van der Waals surface area contributed by atoms with Crippen molar-refractivity contribution in [3.05, 3.63) is 42.5 Å². The Morgan fingerprint density at radius 2 is 1.89 bits per heavy atom. The molecule has 0 aromatic carbocycles. The number of rotatable bonds is 3. The molecule has 0 saturated carbocycles. The Bertz CT molecular complexity index is 468. The van der Waals surface area contributed by atoms with E-state index in [1.54, 1.807) is 19.1 Å². The smallest absolute Gasteiger partial charge is 0.209 e. The minimum absolute atomic E-state index is 0.0607. The van der Waals surface area contributed by atoms with E-state index in [1.807, 2.05) is 13.8 Å². The van der Waals surface area contributed by atoms with E-state index >= 15 is 0 Å². The zero-order chi connectivity index (χ0) is 15.1. The van der Waals surface area contributed by atoms with E-state index in [0.717, 1.165) is 4.68 Å². The van der Waals surface area contributed by atoms with E-state index < -0.39 is 12.0 Å². The van der Waals surface area contributed by atoms with E-state index in [1.165, 1.54) is 19.1 Å². The molecule has 1 rings (SSSR count). The average molecular weight is 273 g/mol. The largest absolute Gasteiger partial charge is 0.451 e. The summed E-state index contributed by atoms with van der Waals surface area (Å²) in [6.07, 6.45) is 1.54. The van der Waals surface area contributed by atoms with Gasteiger partial charge in [-0.3, -0.25) is 0 Å². The van der Waals surface area contributed by atoms with Crippen LogP contribution < -0.4 is 0 Å². The molecule has 1 aromatic heterocycles. The van der Waals surface area contributed by atoms with Crippen molar-refractivity contribution in [3.63, 3.8) is 0 Å². The number of hydrogen-bond donors (Lipinski definition) is 0. The molecule has 1 aromatic rings. The first-order valence-corrected chi connectivity index (χ1v) is 5.86. The molecular weight excluding hydrogens is 255 g/mol. The summed E-state index contributed by atoms with van der Waals surface area (Å²) in [5, 5.41) is 3.71. The zero-order valence-corrected chi connectivity index (χ0v) is 11.5. The number of alkyl halides is 3. The molecule has 0 bridgehead atoms. The number of allylic oxidation sites excluding steroid dienone is 5. The van der Waals surface area contributed by atoms with Crippen molar-refractivity contribution in [1.29, 1.82) is 0 Å². The summed E-state index contributed by atoms with van der Waals surface area (Å²) >= 11 is 0. The average Bonchev–Trinajstić information content (AvgIpc) is 2.75. The fourth-order valence-electron chi connectivity index (χ4n) is 1.20. The predicted octanol–water partition coefficient (Wildman–Crippen LogP) is 4.23. The van der Waals surface area contributed by atoms with Crippen LogP contribution in [0.1, 0.15) is 32.4 Å². The molecular formula is C13H18F3N3. The zero-order valence-electron chi connectivity index (χ0n) is 11.5. The van der Waals surface area contributed by atoms with Gasteiger partial charge in [-0.2, -0.15) is 18.3 Å². The molecule has 0 aliphatic heterocycles. The molecule has 19 heavy (non-hydrogen) atoms. The maximum Gasteiger partial charge on any atom is 0.451 e. The van der Waals surface area contributed by atoms with Crippen LogP contribution in [-0.2, 0) is 6.18 Å². The van der Waals surface area contributed by atoms with Crippen LogP contribution in [0.25, 0.3) is 5.70 Å². The van der Waals surface area contributed by atoms with E-state index in [9.17, 15) is 13.2 Å². The third-order valence-electron chi connectivity index (χ3n) is 1.88. The van der Waals surface area contributed by atoms with Crippen molar-refractivity contribution >= 4 is 5.70 Å². The summed E-state index contributed by atoms with van der Waals surface area (Å²) in [4.78, 5) is 3.37. The van der Waals surface area contributed by atoms with Gasteiger partial charge in [0.15, 0.2) is 0 Å². The maximum absolute atomic E-state index is 12.7. The van der Waals surface area contributed by atoms with Gasteiger partial charge in [-0.15, -0.1) is 0 Å². The van der Waals surface area contributed by atoms with Crippen molar-refractivity contribution in [2.24, 2.45) is 0 Å². The van der Waals surface area contributed by atoms with E-state index in [2.05, 4.69) is 16.7 Å². The first-order chi connectivity index (χ1) is 8.90.